The predicted octanol–water partition coefficient (Wildman–Crippen LogP) is 2.46. The number of hydrogen-bond acceptors (Lipinski definition) is 4. The van der Waals surface area contributed by atoms with Crippen LogP contribution in [0, 0.1) is 10.8 Å². The van der Waals surface area contributed by atoms with Crippen LogP contribution in [0.3, 0.4) is 0 Å². The fourth-order valence-corrected chi connectivity index (χ4v) is 2.88. The van der Waals surface area contributed by atoms with Gasteiger partial charge in [-0.25, -0.2) is 0 Å². The first-order valence-corrected chi connectivity index (χ1v) is 7.47. The van der Waals surface area contributed by atoms with Crippen molar-refractivity contribution in [2.75, 3.05) is 20.3 Å². The lowest BCUT2D eigenvalue weighted by molar-refractivity contribution is 0.105. The minimum Gasteiger partial charge on any atom is -0.497 e. The van der Waals surface area contributed by atoms with Crippen molar-refractivity contribution < 1.29 is 14.6 Å². The summed E-state index contributed by atoms with van der Waals surface area (Å²) in [6.07, 6.45) is -0.515. The lowest BCUT2D eigenvalue weighted by atomic mass is 10.0. The Morgan fingerprint density at radius 3 is 2.10 bits per heavy atom. The van der Waals surface area contributed by atoms with E-state index in [1.165, 1.54) is 0 Å². The van der Waals surface area contributed by atoms with Crippen LogP contribution in [0.1, 0.15) is 27.7 Å². The Morgan fingerprint density at radius 2 is 1.62 bits per heavy atom. The van der Waals surface area contributed by atoms with Gasteiger partial charge in [0.05, 0.1) is 7.11 Å². The Bertz CT molecular complexity index is 453. The topological polar surface area (TPSA) is 50.7 Å². The molecule has 4 nitrogen and oxygen atoms in total. The lowest BCUT2D eigenvalue weighted by Gasteiger charge is -2.14. The maximum absolute atomic E-state index is 10.0. The zero-order valence-corrected chi connectivity index (χ0v) is 13.6. The van der Waals surface area contributed by atoms with E-state index in [-0.39, 0.29) is 17.4 Å². The van der Waals surface area contributed by atoms with Crippen molar-refractivity contribution in [1.82, 2.24) is 5.32 Å². The van der Waals surface area contributed by atoms with Gasteiger partial charge in [-0.3, -0.25) is 0 Å². The van der Waals surface area contributed by atoms with Gasteiger partial charge >= 0.3 is 0 Å². The molecule has 0 saturated heterocycles. The zero-order valence-electron chi connectivity index (χ0n) is 13.6. The highest BCUT2D eigenvalue weighted by Crippen LogP contribution is 2.62. The molecule has 118 valence electrons. The van der Waals surface area contributed by atoms with E-state index in [1.807, 2.05) is 24.3 Å². The Balaban J connectivity index is 1.72. The Morgan fingerprint density at radius 1 is 1.10 bits per heavy atom. The average molecular weight is 293 g/mol. The molecular weight excluding hydrogens is 266 g/mol. The third kappa shape index (κ3) is 3.33. The van der Waals surface area contributed by atoms with Crippen LogP contribution in [0.5, 0.6) is 11.5 Å². The second-order valence-corrected chi connectivity index (χ2v) is 6.92. The zero-order chi connectivity index (χ0) is 15.7. The van der Waals surface area contributed by atoms with E-state index < -0.39 is 6.10 Å². The fourth-order valence-electron chi connectivity index (χ4n) is 2.88. The lowest BCUT2D eigenvalue weighted by Crippen LogP contribution is -2.34. The van der Waals surface area contributed by atoms with Crippen molar-refractivity contribution in [2.45, 2.75) is 39.8 Å². The summed E-state index contributed by atoms with van der Waals surface area (Å²) < 4.78 is 10.7. The molecule has 1 aromatic rings. The van der Waals surface area contributed by atoms with Crippen LogP contribution in [-0.2, 0) is 0 Å². The normalized spacial score (nSPS) is 20.9. The monoisotopic (exact) mass is 293 g/mol. The van der Waals surface area contributed by atoms with E-state index in [0.717, 1.165) is 11.5 Å². The number of aliphatic hydroxyl groups is 1. The van der Waals surface area contributed by atoms with Crippen LogP contribution in [0.15, 0.2) is 24.3 Å². The number of ether oxygens (including phenoxy) is 2. The molecule has 0 spiro atoms. The maximum Gasteiger partial charge on any atom is 0.119 e. The summed E-state index contributed by atoms with van der Waals surface area (Å²) in [7, 11) is 1.63. The predicted molar refractivity (Wildman–Crippen MR) is 83.8 cm³/mol. The van der Waals surface area contributed by atoms with E-state index in [9.17, 15) is 5.11 Å². The van der Waals surface area contributed by atoms with Crippen molar-refractivity contribution in [3.8, 4) is 11.5 Å². The quantitative estimate of drug-likeness (QED) is 0.811. The third-order valence-electron chi connectivity index (χ3n) is 5.08. The number of aliphatic hydroxyl groups excluding tert-OH is 1. The van der Waals surface area contributed by atoms with Gasteiger partial charge in [-0.2, -0.15) is 0 Å². The first kappa shape index (κ1) is 16.1. The van der Waals surface area contributed by atoms with E-state index >= 15 is 0 Å². The molecular formula is C17H27NO3. The summed E-state index contributed by atoms with van der Waals surface area (Å²) in [4.78, 5) is 0. The molecule has 4 heteroatoms. The standard InChI is InChI=1S/C17H27NO3/c1-16(2)15(17(16,3)4)18-10-12(19)11-21-14-8-6-13(20-5)7-9-14/h6-9,12,15,18-19H,10-11H2,1-5H3. The Labute approximate surface area is 127 Å². The molecule has 0 radical (unpaired) electrons. The van der Waals surface area contributed by atoms with Crippen molar-refractivity contribution in [3.63, 3.8) is 0 Å². The molecule has 1 saturated carbocycles. The first-order valence-electron chi connectivity index (χ1n) is 7.47. The van der Waals surface area contributed by atoms with Crippen LogP contribution in [0.4, 0.5) is 0 Å². The van der Waals surface area contributed by atoms with E-state index in [1.54, 1.807) is 7.11 Å². The summed E-state index contributed by atoms with van der Waals surface area (Å²) >= 11 is 0. The van der Waals surface area contributed by atoms with Gasteiger partial charge < -0.3 is 19.9 Å². The van der Waals surface area contributed by atoms with Crippen LogP contribution in [0.25, 0.3) is 0 Å². The molecule has 1 aliphatic carbocycles. The highest BCUT2D eigenvalue weighted by Gasteiger charge is 2.64. The molecule has 1 fully saturated rings. The van der Waals surface area contributed by atoms with Gasteiger partial charge in [0.25, 0.3) is 0 Å². The van der Waals surface area contributed by atoms with Crippen LogP contribution in [0.2, 0.25) is 0 Å². The molecule has 21 heavy (non-hydrogen) atoms. The minimum atomic E-state index is -0.515. The molecule has 2 rings (SSSR count). The molecule has 1 aliphatic rings. The summed E-state index contributed by atoms with van der Waals surface area (Å²) in [6, 6.07) is 7.81. The largest absolute Gasteiger partial charge is 0.497 e. The SMILES string of the molecule is COc1ccc(OCC(O)CNC2C(C)(C)C2(C)C)cc1. The number of hydrogen-bond donors (Lipinski definition) is 2. The van der Waals surface area contributed by atoms with Gasteiger partial charge in [0.1, 0.15) is 24.2 Å². The van der Waals surface area contributed by atoms with Gasteiger partial charge in [-0.05, 0) is 35.1 Å². The second-order valence-electron chi connectivity index (χ2n) is 6.92. The highest BCUT2D eigenvalue weighted by atomic mass is 16.5. The summed E-state index contributed by atoms with van der Waals surface area (Å²) in [5, 5.41) is 13.5. The Hall–Kier alpha value is -1.26. The molecule has 1 aromatic carbocycles. The number of benzene rings is 1. The van der Waals surface area contributed by atoms with Gasteiger partial charge in [0.15, 0.2) is 0 Å². The van der Waals surface area contributed by atoms with Crippen molar-refractivity contribution in [2.24, 2.45) is 10.8 Å². The van der Waals surface area contributed by atoms with E-state index in [0.29, 0.717) is 12.6 Å². The number of methoxy groups -OCH3 is 1. The van der Waals surface area contributed by atoms with Crippen LogP contribution >= 0.6 is 0 Å². The van der Waals surface area contributed by atoms with Gasteiger partial charge in [-0.1, -0.05) is 27.7 Å². The summed E-state index contributed by atoms with van der Waals surface area (Å²) in [6.45, 7) is 9.85. The molecule has 0 heterocycles. The molecule has 1 unspecified atom stereocenters. The molecule has 0 aliphatic heterocycles. The average Bonchev–Trinajstić information content (AvgIpc) is 2.84. The van der Waals surface area contributed by atoms with Gasteiger partial charge in [0, 0.05) is 12.6 Å². The Kier molecular flexibility index (Phi) is 4.49. The molecule has 0 aromatic heterocycles. The number of rotatable bonds is 7. The maximum atomic E-state index is 10.0. The van der Waals surface area contributed by atoms with Gasteiger partial charge in [0.2, 0.25) is 0 Å². The highest BCUT2D eigenvalue weighted by molar-refractivity contribution is 5.31. The molecule has 0 bridgehead atoms. The smallest absolute Gasteiger partial charge is 0.119 e. The van der Waals surface area contributed by atoms with Crippen LogP contribution in [-0.4, -0.2) is 37.5 Å². The minimum absolute atomic E-state index is 0.281. The first-order chi connectivity index (χ1) is 9.79. The fraction of sp³-hybridized carbons (Fsp3) is 0.647. The van der Waals surface area contributed by atoms with E-state index in [2.05, 4.69) is 33.0 Å². The summed E-state index contributed by atoms with van der Waals surface area (Å²) in [5.41, 5.74) is 0.563. The molecule has 0 amide bonds. The van der Waals surface area contributed by atoms with Crippen LogP contribution < -0.4 is 14.8 Å². The summed E-state index contributed by atoms with van der Waals surface area (Å²) in [5.74, 6) is 1.53. The third-order valence-corrected chi connectivity index (χ3v) is 5.08. The van der Waals surface area contributed by atoms with Crippen molar-refractivity contribution >= 4 is 0 Å². The second kappa shape index (κ2) is 5.85. The molecule has 2 N–H and O–H groups in total. The molecule has 1 atom stereocenters. The number of nitrogens with one attached hydrogen (secondary N) is 1. The van der Waals surface area contributed by atoms with Crippen molar-refractivity contribution in [1.29, 1.82) is 0 Å². The van der Waals surface area contributed by atoms with Gasteiger partial charge in [-0.15, -0.1) is 0 Å². The van der Waals surface area contributed by atoms with E-state index in [4.69, 9.17) is 9.47 Å². The van der Waals surface area contributed by atoms with Crippen molar-refractivity contribution in [3.05, 3.63) is 24.3 Å².